The molecule has 2 nitrogen and oxygen atoms in total. The number of aliphatic hydroxyl groups excluding tert-OH is 1. The summed E-state index contributed by atoms with van der Waals surface area (Å²) in [5, 5.41) is 9.40. The smallest absolute Gasteiger partial charge is 0.392 e. The van der Waals surface area contributed by atoms with Crippen LogP contribution >= 0.6 is 11.8 Å². The highest BCUT2D eigenvalue weighted by atomic mass is 32.2. The lowest BCUT2D eigenvalue weighted by molar-refractivity contribution is -0.0328. The largest absolute Gasteiger partial charge is 0.446 e. The predicted octanol–water partition coefficient (Wildman–Crippen LogP) is 5.15. The molecule has 134 valence electrons. The third-order valence-electron chi connectivity index (χ3n) is 3.96. The van der Waals surface area contributed by atoms with Crippen molar-refractivity contribution in [2.24, 2.45) is 0 Å². The monoisotopic (exact) mass is 375 g/mol. The van der Waals surface area contributed by atoms with Gasteiger partial charge in [-0.1, -0.05) is 0 Å². The second-order valence-corrected chi connectivity index (χ2v) is 6.76. The van der Waals surface area contributed by atoms with Crippen LogP contribution in [0, 0.1) is 11.6 Å². The Balaban J connectivity index is 2.02. The van der Waals surface area contributed by atoms with Gasteiger partial charge in [-0.3, -0.25) is 0 Å². The SMILES string of the molecule is OCc1cc(N2CCCc3cc(F)cc(F)c32)ccc1SC(F)(F)F. The maximum atomic E-state index is 14.3. The molecule has 0 amide bonds. The molecular formula is C17H14F5NOS. The number of thioether (sulfide) groups is 1. The Morgan fingerprint density at radius 1 is 1.12 bits per heavy atom. The van der Waals surface area contributed by atoms with Crippen molar-refractivity contribution in [1.29, 1.82) is 0 Å². The lowest BCUT2D eigenvalue weighted by atomic mass is 10.00. The Kier molecular flexibility index (Phi) is 4.92. The van der Waals surface area contributed by atoms with E-state index in [9.17, 15) is 27.1 Å². The van der Waals surface area contributed by atoms with Gasteiger partial charge in [0.1, 0.15) is 11.6 Å². The summed E-state index contributed by atoms with van der Waals surface area (Å²) in [5.74, 6) is -1.37. The normalized spacial score (nSPS) is 14.6. The van der Waals surface area contributed by atoms with Gasteiger partial charge in [-0.2, -0.15) is 13.2 Å². The Morgan fingerprint density at radius 2 is 1.88 bits per heavy atom. The maximum absolute atomic E-state index is 14.3. The van der Waals surface area contributed by atoms with Crippen LogP contribution in [0.15, 0.2) is 35.2 Å². The molecule has 0 unspecified atom stereocenters. The van der Waals surface area contributed by atoms with Crippen LogP contribution in [0.4, 0.5) is 33.3 Å². The van der Waals surface area contributed by atoms with E-state index in [4.69, 9.17) is 0 Å². The molecule has 25 heavy (non-hydrogen) atoms. The van der Waals surface area contributed by atoms with E-state index < -0.39 is 23.7 Å². The molecule has 1 aliphatic rings. The van der Waals surface area contributed by atoms with Gasteiger partial charge in [0, 0.05) is 23.2 Å². The molecule has 0 spiro atoms. The summed E-state index contributed by atoms with van der Waals surface area (Å²) < 4.78 is 65.4. The number of rotatable bonds is 3. The van der Waals surface area contributed by atoms with Crippen molar-refractivity contribution in [3.63, 3.8) is 0 Å². The fraction of sp³-hybridized carbons (Fsp3) is 0.294. The zero-order chi connectivity index (χ0) is 18.2. The van der Waals surface area contributed by atoms with Gasteiger partial charge < -0.3 is 10.0 Å². The van der Waals surface area contributed by atoms with Crippen LogP contribution in [0.25, 0.3) is 0 Å². The van der Waals surface area contributed by atoms with E-state index in [-0.39, 0.29) is 27.9 Å². The number of anilines is 2. The van der Waals surface area contributed by atoms with Crippen LogP contribution in [0.5, 0.6) is 0 Å². The molecule has 0 aromatic heterocycles. The molecule has 0 saturated heterocycles. The summed E-state index contributed by atoms with van der Waals surface area (Å²) in [6, 6.07) is 6.18. The number of hydrogen-bond acceptors (Lipinski definition) is 3. The first kappa shape index (κ1) is 18.0. The number of aryl methyl sites for hydroxylation is 1. The van der Waals surface area contributed by atoms with E-state index >= 15 is 0 Å². The number of nitrogens with zero attached hydrogens (tertiary/aromatic N) is 1. The Hall–Kier alpha value is -1.80. The fourth-order valence-corrected chi connectivity index (χ4v) is 3.63. The standard InChI is InChI=1S/C17H14F5NOS/c18-12-6-10-2-1-5-23(16(10)14(19)8-12)13-3-4-15(11(7-13)9-24)25-17(20,21)22/h3-4,6-8,24H,1-2,5,9H2. The van der Waals surface area contributed by atoms with Gasteiger partial charge in [-0.15, -0.1) is 0 Å². The van der Waals surface area contributed by atoms with Gasteiger partial charge in [-0.05, 0) is 60.0 Å². The van der Waals surface area contributed by atoms with Crippen LogP contribution in [0.1, 0.15) is 17.5 Å². The second-order valence-electron chi connectivity index (χ2n) is 5.65. The highest BCUT2D eigenvalue weighted by molar-refractivity contribution is 8.00. The average molecular weight is 375 g/mol. The molecule has 8 heteroatoms. The predicted molar refractivity (Wildman–Crippen MR) is 86.0 cm³/mol. The Bertz CT molecular complexity index is 793. The van der Waals surface area contributed by atoms with Crippen LogP contribution in [-0.4, -0.2) is 17.2 Å². The van der Waals surface area contributed by atoms with Crippen molar-refractivity contribution in [3.05, 3.63) is 53.1 Å². The molecular weight excluding hydrogens is 361 g/mol. The molecule has 3 rings (SSSR count). The number of halogens is 5. The van der Waals surface area contributed by atoms with Crippen molar-refractivity contribution < 1.29 is 27.1 Å². The number of hydrogen-bond donors (Lipinski definition) is 1. The highest BCUT2D eigenvalue weighted by Crippen LogP contribution is 2.41. The molecule has 2 aromatic rings. The lowest BCUT2D eigenvalue weighted by Crippen LogP contribution is -2.26. The zero-order valence-corrected chi connectivity index (χ0v) is 13.7. The summed E-state index contributed by atoms with van der Waals surface area (Å²) in [6.07, 6.45) is 1.18. The maximum Gasteiger partial charge on any atom is 0.446 e. The topological polar surface area (TPSA) is 23.5 Å². The molecule has 0 aliphatic carbocycles. The Labute approximate surface area is 145 Å². The molecule has 0 radical (unpaired) electrons. The van der Waals surface area contributed by atoms with Crippen molar-refractivity contribution in [2.75, 3.05) is 11.4 Å². The lowest BCUT2D eigenvalue weighted by Gasteiger charge is -2.32. The van der Waals surface area contributed by atoms with Gasteiger partial charge in [0.25, 0.3) is 0 Å². The van der Waals surface area contributed by atoms with E-state index in [1.54, 1.807) is 4.90 Å². The molecule has 0 fully saturated rings. The van der Waals surface area contributed by atoms with Crippen LogP contribution in [0.2, 0.25) is 0 Å². The van der Waals surface area contributed by atoms with Crippen molar-refractivity contribution >= 4 is 23.1 Å². The summed E-state index contributed by atoms with van der Waals surface area (Å²) >= 11 is -0.304. The van der Waals surface area contributed by atoms with Gasteiger partial charge in [0.15, 0.2) is 0 Å². The third kappa shape index (κ3) is 3.90. The minimum atomic E-state index is -4.47. The molecule has 1 N–H and O–H groups in total. The Morgan fingerprint density at radius 3 is 2.56 bits per heavy atom. The zero-order valence-electron chi connectivity index (χ0n) is 12.9. The molecule has 1 heterocycles. The summed E-state index contributed by atoms with van der Waals surface area (Å²) in [5.41, 5.74) is -3.15. The van der Waals surface area contributed by atoms with E-state index in [2.05, 4.69) is 0 Å². The summed E-state index contributed by atoms with van der Waals surface area (Å²) in [7, 11) is 0. The highest BCUT2D eigenvalue weighted by Gasteiger charge is 2.31. The van der Waals surface area contributed by atoms with E-state index in [1.165, 1.54) is 24.3 Å². The summed E-state index contributed by atoms with van der Waals surface area (Å²) in [6.45, 7) is -0.120. The van der Waals surface area contributed by atoms with Gasteiger partial charge in [0.05, 0.1) is 12.3 Å². The third-order valence-corrected chi connectivity index (χ3v) is 4.81. The number of alkyl halides is 3. The summed E-state index contributed by atoms with van der Waals surface area (Å²) in [4.78, 5) is 1.50. The van der Waals surface area contributed by atoms with Crippen LogP contribution in [-0.2, 0) is 13.0 Å². The van der Waals surface area contributed by atoms with E-state index in [0.717, 1.165) is 6.07 Å². The van der Waals surface area contributed by atoms with Gasteiger partial charge in [0.2, 0.25) is 0 Å². The van der Waals surface area contributed by atoms with Crippen molar-refractivity contribution in [3.8, 4) is 0 Å². The number of aliphatic hydroxyl groups is 1. The van der Waals surface area contributed by atoms with E-state index in [1.807, 2.05) is 0 Å². The fourth-order valence-electron chi connectivity index (χ4n) is 2.99. The first-order chi connectivity index (χ1) is 11.8. The minimum Gasteiger partial charge on any atom is -0.392 e. The number of fused-ring (bicyclic) bond motifs is 1. The van der Waals surface area contributed by atoms with Crippen molar-refractivity contribution in [2.45, 2.75) is 29.9 Å². The molecule has 0 atom stereocenters. The first-order valence-electron chi connectivity index (χ1n) is 7.53. The molecule has 1 aliphatic heterocycles. The first-order valence-corrected chi connectivity index (χ1v) is 8.35. The molecule has 2 aromatic carbocycles. The molecule has 0 bridgehead atoms. The van der Waals surface area contributed by atoms with Crippen LogP contribution in [0.3, 0.4) is 0 Å². The van der Waals surface area contributed by atoms with E-state index in [0.29, 0.717) is 30.6 Å². The van der Waals surface area contributed by atoms with Gasteiger partial charge >= 0.3 is 5.51 Å². The average Bonchev–Trinajstić information content (AvgIpc) is 2.53. The van der Waals surface area contributed by atoms with Gasteiger partial charge in [-0.25, -0.2) is 8.78 Å². The molecule has 0 saturated carbocycles. The number of benzene rings is 2. The second kappa shape index (κ2) is 6.84. The quantitative estimate of drug-likeness (QED) is 0.593. The van der Waals surface area contributed by atoms with Crippen LogP contribution < -0.4 is 4.90 Å². The van der Waals surface area contributed by atoms with Crippen molar-refractivity contribution in [1.82, 2.24) is 0 Å². The minimum absolute atomic E-state index is 0.101.